The zero-order valence-electron chi connectivity index (χ0n) is 10.0. The van der Waals surface area contributed by atoms with Crippen LogP contribution in [0, 0.1) is 0 Å². The fraction of sp³-hybridized carbons (Fsp3) is 0.833. The van der Waals surface area contributed by atoms with Crippen LogP contribution in [0.4, 0.5) is 0 Å². The van der Waals surface area contributed by atoms with Gasteiger partial charge in [-0.05, 0) is 32.1 Å². The SMILES string of the molecule is C1COC(CCc2nnc(CNC3CC3)o2)C1. The Hall–Kier alpha value is -0.940. The lowest BCUT2D eigenvalue weighted by Gasteiger charge is -2.05. The van der Waals surface area contributed by atoms with Crippen LogP contribution in [0.1, 0.15) is 43.9 Å². The van der Waals surface area contributed by atoms with Crippen molar-refractivity contribution >= 4 is 0 Å². The van der Waals surface area contributed by atoms with Gasteiger partial charge in [-0.1, -0.05) is 0 Å². The molecule has 2 aliphatic rings. The van der Waals surface area contributed by atoms with E-state index in [0.717, 1.165) is 25.3 Å². The molecule has 1 aliphatic heterocycles. The summed E-state index contributed by atoms with van der Waals surface area (Å²) in [4.78, 5) is 0. The summed E-state index contributed by atoms with van der Waals surface area (Å²) in [5.41, 5.74) is 0. The van der Waals surface area contributed by atoms with Gasteiger partial charge in [0, 0.05) is 19.1 Å². The zero-order chi connectivity index (χ0) is 11.5. The van der Waals surface area contributed by atoms with Crippen LogP contribution in [-0.2, 0) is 17.7 Å². The molecule has 5 heteroatoms. The van der Waals surface area contributed by atoms with Crippen molar-refractivity contribution < 1.29 is 9.15 Å². The lowest BCUT2D eigenvalue weighted by Crippen LogP contribution is -2.15. The zero-order valence-corrected chi connectivity index (χ0v) is 10.0. The van der Waals surface area contributed by atoms with Gasteiger partial charge in [-0.25, -0.2) is 0 Å². The predicted octanol–water partition coefficient (Wildman–Crippen LogP) is 1.43. The van der Waals surface area contributed by atoms with Crippen molar-refractivity contribution in [3.05, 3.63) is 11.8 Å². The largest absolute Gasteiger partial charge is 0.424 e. The molecule has 17 heavy (non-hydrogen) atoms. The second kappa shape index (κ2) is 5.14. The van der Waals surface area contributed by atoms with E-state index in [2.05, 4.69) is 15.5 Å². The van der Waals surface area contributed by atoms with Gasteiger partial charge < -0.3 is 14.5 Å². The van der Waals surface area contributed by atoms with Crippen LogP contribution >= 0.6 is 0 Å². The van der Waals surface area contributed by atoms with Gasteiger partial charge in [0.2, 0.25) is 11.8 Å². The van der Waals surface area contributed by atoms with Gasteiger partial charge >= 0.3 is 0 Å². The number of hydrogen-bond acceptors (Lipinski definition) is 5. The molecule has 3 rings (SSSR count). The maximum absolute atomic E-state index is 5.58. The summed E-state index contributed by atoms with van der Waals surface area (Å²) in [5.74, 6) is 1.45. The van der Waals surface area contributed by atoms with E-state index in [1.165, 1.54) is 25.7 Å². The lowest BCUT2D eigenvalue weighted by atomic mass is 10.1. The Bertz CT molecular complexity index is 356. The molecule has 1 aromatic rings. The van der Waals surface area contributed by atoms with Crippen molar-refractivity contribution in [3.8, 4) is 0 Å². The first kappa shape index (κ1) is 11.2. The second-order valence-electron chi connectivity index (χ2n) is 4.92. The van der Waals surface area contributed by atoms with Gasteiger partial charge in [0.05, 0.1) is 12.6 Å². The molecule has 0 aromatic carbocycles. The van der Waals surface area contributed by atoms with Crippen molar-refractivity contribution in [1.82, 2.24) is 15.5 Å². The van der Waals surface area contributed by atoms with E-state index in [1.54, 1.807) is 0 Å². The Labute approximate surface area is 101 Å². The minimum absolute atomic E-state index is 0.398. The number of aromatic nitrogens is 2. The van der Waals surface area contributed by atoms with Crippen LogP contribution in [-0.4, -0.2) is 29.0 Å². The van der Waals surface area contributed by atoms with E-state index in [4.69, 9.17) is 9.15 Å². The van der Waals surface area contributed by atoms with Gasteiger partial charge in [0.15, 0.2) is 0 Å². The number of rotatable bonds is 6. The van der Waals surface area contributed by atoms with E-state index in [9.17, 15) is 0 Å². The third-order valence-corrected chi connectivity index (χ3v) is 3.33. The van der Waals surface area contributed by atoms with Crippen LogP contribution in [0.3, 0.4) is 0 Å². The summed E-state index contributed by atoms with van der Waals surface area (Å²) in [6.07, 6.45) is 7.14. The van der Waals surface area contributed by atoms with E-state index < -0.39 is 0 Å². The maximum atomic E-state index is 5.58. The average molecular weight is 237 g/mol. The van der Waals surface area contributed by atoms with Crippen molar-refractivity contribution in [1.29, 1.82) is 0 Å². The van der Waals surface area contributed by atoms with Gasteiger partial charge in [-0.3, -0.25) is 0 Å². The molecule has 5 nitrogen and oxygen atoms in total. The highest BCUT2D eigenvalue weighted by molar-refractivity contribution is 4.87. The van der Waals surface area contributed by atoms with Crippen LogP contribution in [0.25, 0.3) is 0 Å². The lowest BCUT2D eigenvalue weighted by molar-refractivity contribution is 0.103. The van der Waals surface area contributed by atoms with Crippen molar-refractivity contribution in [2.45, 2.75) is 57.2 Å². The Morgan fingerprint density at radius 2 is 2.06 bits per heavy atom. The number of hydrogen-bond donors (Lipinski definition) is 1. The highest BCUT2D eigenvalue weighted by Gasteiger charge is 2.21. The molecule has 1 saturated carbocycles. The third-order valence-electron chi connectivity index (χ3n) is 3.33. The maximum Gasteiger partial charge on any atom is 0.230 e. The number of aryl methyl sites for hydroxylation is 1. The molecule has 94 valence electrons. The summed E-state index contributed by atoms with van der Waals surface area (Å²) in [6, 6.07) is 0.678. The Morgan fingerprint density at radius 1 is 1.18 bits per heavy atom. The standard InChI is InChI=1S/C12H19N3O2/c1-2-10(16-7-1)5-6-11-14-15-12(17-11)8-13-9-3-4-9/h9-10,13H,1-8H2. The molecule has 2 heterocycles. The summed E-state index contributed by atoms with van der Waals surface area (Å²) in [6.45, 7) is 1.61. The quantitative estimate of drug-likeness (QED) is 0.811. The summed E-state index contributed by atoms with van der Waals surface area (Å²) in [5, 5.41) is 11.5. The van der Waals surface area contributed by atoms with Crippen molar-refractivity contribution in [2.75, 3.05) is 6.61 Å². The van der Waals surface area contributed by atoms with Crippen LogP contribution in [0.2, 0.25) is 0 Å². The number of nitrogens with one attached hydrogen (secondary N) is 1. The smallest absolute Gasteiger partial charge is 0.230 e. The molecule has 1 saturated heterocycles. The molecule has 0 spiro atoms. The first-order valence-corrected chi connectivity index (χ1v) is 6.56. The van der Waals surface area contributed by atoms with E-state index >= 15 is 0 Å². The normalized spacial score (nSPS) is 24.4. The fourth-order valence-corrected chi connectivity index (χ4v) is 2.14. The first-order chi connectivity index (χ1) is 8.40. The van der Waals surface area contributed by atoms with Crippen LogP contribution in [0.15, 0.2) is 4.42 Å². The summed E-state index contributed by atoms with van der Waals surface area (Å²) >= 11 is 0. The van der Waals surface area contributed by atoms with Gasteiger partial charge in [-0.15, -0.1) is 10.2 Å². The van der Waals surface area contributed by atoms with E-state index in [-0.39, 0.29) is 0 Å². The minimum Gasteiger partial charge on any atom is -0.424 e. The van der Waals surface area contributed by atoms with Crippen molar-refractivity contribution in [2.24, 2.45) is 0 Å². The molecule has 1 aliphatic carbocycles. The monoisotopic (exact) mass is 237 g/mol. The molecule has 1 aromatic heterocycles. The van der Waals surface area contributed by atoms with Gasteiger partial charge in [0.1, 0.15) is 0 Å². The molecule has 0 bridgehead atoms. The Morgan fingerprint density at radius 3 is 2.82 bits per heavy atom. The molecule has 1 atom stereocenters. The second-order valence-corrected chi connectivity index (χ2v) is 4.92. The van der Waals surface area contributed by atoms with Gasteiger partial charge in [-0.2, -0.15) is 0 Å². The van der Waals surface area contributed by atoms with Crippen LogP contribution in [0.5, 0.6) is 0 Å². The van der Waals surface area contributed by atoms with Crippen molar-refractivity contribution in [3.63, 3.8) is 0 Å². The van der Waals surface area contributed by atoms with Crippen LogP contribution < -0.4 is 5.32 Å². The molecular formula is C12H19N3O2. The molecule has 1 unspecified atom stereocenters. The first-order valence-electron chi connectivity index (χ1n) is 6.56. The van der Waals surface area contributed by atoms with E-state index in [1.807, 2.05) is 0 Å². The fourth-order valence-electron chi connectivity index (χ4n) is 2.14. The predicted molar refractivity (Wildman–Crippen MR) is 61.5 cm³/mol. The molecule has 1 N–H and O–H groups in total. The Kier molecular flexibility index (Phi) is 3.38. The average Bonchev–Trinajstić information content (AvgIpc) is 2.86. The summed E-state index contributed by atoms with van der Waals surface area (Å²) < 4.78 is 11.1. The summed E-state index contributed by atoms with van der Waals surface area (Å²) in [7, 11) is 0. The minimum atomic E-state index is 0.398. The highest BCUT2D eigenvalue weighted by Crippen LogP contribution is 2.19. The van der Waals surface area contributed by atoms with E-state index in [0.29, 0.717) is 24.6 Å². The van der Waals surface area contributed by atoms with Gasteiger partial charge in [0.25, 0.3) is 0 Å². The highest BCUT2D eigenvalue weighted by atomic mass is 16.5. The Balaban J connectivity index is 1.42. The molecule has 0 amide bonds. The third kappa shape index (κ3) is 3.26. The number of nitrogens with zero attached hydrogens (tertiary/aromatic N) is 2. The molecule has 0 radical (unpaired) electrons. The molecule has 2 fully saturated rings. The number of ether oxygens (including phenoxy) is 1. The topological polar surface area (TPSA) is 60.2 Å². The molecular weight excluding hydrogens is 218 g/mol.